The van der Waals surface area contributed by atoms with Crippen molar-refractivity contribution in [3.8, 4) is 0 Å². The number of aromatic nitrogens is 1. The molecular weight excluding hydrogens is 278 g/mol. The molecule has 0 aliphatic carbocycles. The molecule has 104 valence electrons. The van der Waals surface area contributed by atoms with E-state index < -0.39 is 5.97 Å². The molecule has 3 N–H and O–H groups in total. The van der Waals surface area contributed by atoms with Crippen LogP contribution in [0.1, 0.15) is 12.6 Å². The van der Waals surface area contributed by atoms with Crippen molar-refractivity contribution in [2.75, 3.05) is 10.6 Å². The van der Waals surface area contributed by atoms with Gasteiger partial charge >= 0.3 is 5.97 Å². The van der Waals surface area contributed by atoms with Gasteiger partial charge in [0.05, 0.1) is 12.1 Å². The van der Waals surface area contributed by atoms with Gasteiger partial charge in [0.25, 0.3) is 0 Å². The maximum Gasteiger partial charge on any atom is 0.309 e. The number of benzene rings is 1. The number of hydrogen-bond donors (Lipinski definition) is 3. The predicted octanol–water partition coefficient (Wildman–Crippen LogP) is 2.47. The van der Waals surface area contributed by atoms with Gasteiger partial charge in [0.15, 0.2) is 5.13 Å². The Labute approximate surface area is 119 Å². The van der Waals surface area contributed by atoms with E-state index in [1.54, 1.807) is 17.5 Å². The zero-order valence-electron chi connectivity index (χ0n) is 10.7. The summed E-state index contributed by atoms with van der Waals surface area (Å²) in [4.78, 5) is 25.6. The van der Waals surface area contributed by atoms with Gasteiger partial charge in [-0.3, -0.25) is 9.59 Å². The number of nitrogens with zero attached hydrogens (tertiary/aromatic N) is 1. The molecule has 0 radical (unpaired) electrons. The SMILES string of the molecule is CC(=O)Nc1ccc(Nc2nc(CC(=O)O)cs2)cc1. The Bertz CT molecular complexity index is 622. The Morgan fingerprint density at radius 1 is 1.25 bits per heavy atom. The van der Waals surface area contributed by atoms with Crippen molar-refractivity contribution in [2.45, 2.75) is 13.3 Å². The molecule has 0 fully saturated rings. The van der Waals surface area contributed by atoms with Crippen LogP contribution >= 0.6 is 11.3 Å². The third-order valence-electron chi connectivity index (χ3n) is 2.34. The number of carbonyl (C=O) groups excluding carboxylic acids is 1. The number of rotatable bonds is 5. The quantitative estimate of drug-likeness (QED) is 0.787. The third kappa shape index (κ3) is 4.06. The molecule has 6 nitrogen and oxygen atoms in total. The standard InChI is InChI=1S/C13H13N3O3S/c1-8(17)14-9-2-4-10(5-3-9)15-13-16-11(7-20-13)6-12(18)19/h2-5,7H,6H2,1H3,(H,14,17)(H,15,16)(H,18,19). The molecule has 0 bridgehead atoms. The van der Waals surface area contributed by atoms with E-state index in [0.717, 1.165) is 5.69 Å². The van der Waals surface area contributed by atoms with Crippen LogP contribution < -0.4 is 10.6 Å². The molecule has 1 aromatic heterocycles. The van der Waals surface area contributed by atoms with Gasteiger partial charge in [-0.1, -0.05) is 0 Å². The minimum absolute atomic E-state index is 0.0837. The van der Waals surface area contributed by atoms with Crippen molar-refractivity contribution in [2.24, 2.45) is 0 Å². The van der Waals surface area contributed by atoms with E-state index in [9.17, 15) is 9.59 Å². The maximum atomic E-state index is 10.9. The number of amides is 1. The lowest BCUT2D eigenvalue weighted by Crippen LogP contribution is -2.05. The van der Waals surface area contributed by atoms with Crippen LogP contribution in [-0.4, -0.2) is 22.0 Å². The van der Waals surface area contributed by atoms with E-state index in [1.807, 2.05) is 12.1 Å². The maximum absolute atomic E-state index is 10.9. The van der Waals surface area contributed by atoms with Gasteiger partial charge in [-0.2, -0.15) is 0 Å². The molecule has 0 spiro atoms. The van der Waals surface area contributed by atoms with Gasteiger partial charge in [-0.05, 0) is 24.3 Å². The van der Waals surface area contributed by atoms with Crippen LogP contribution in [-0.2, 0) is 16.0 Å². The van der Waals surface area contributed by atoms with E-state index in [1.165, 1.54) is 18.3 Å². The minimum Gasteiger partial charge on any atom is -0.481 e. The molecule has 2 aromatic rings. The molecule has 1 heterocycles. The van der Waals surface area contributed by atoms with Gasteiger partial charge in [-0.25, -0.2) is 4.98 Å². The number of hydrogen-bond acceptors (Lipinski definition) is 5. The molecule has 0 saturated heterocycles. The number of carboxylic acid groups (broad SMARTS) is 1. The van der Waals surface area contributed by atoms with E-state index >= 15 is 0 Å². The first-order valence-corrected chi connectivity index (χ1v) is 6.72. The van der Waals surface area contributed by atoms with Crippen molar-refractivity contribution in [3.63, 3.8) is 0 Å². The number of carbonyl (C=O) groups is 2. The van der Waals surface area contributed by atoms with E-state index in [-0.39, 0.29) is 12.3 Å². The van der Waals surface area contributed by atoms with E-state index in [2.05, 4.69) is 15.6 Å². The van der Waals surface area contributed by atoms with Crippen LogP contribution in [0.5, 0.6) is 0 Å². The second-order valence-corrected chi connectivity index (χ2v) is 4.96. The fourth-order valence-electron chi connectivity index (χ4n) is 1.56. The number of carboxylic acids is 1. The number of thiazole rings is 1. The van der Waals surface area contributed by atoms with Gasteiger partial charge in [-0.15, -0.1) is 11.3 Å². The van der Waals surface area contributed by atoms with Crippen molar-refractivity contribution in [1.29, 1.82) is 0 Å². The Hall–Kier alpha value is -2.41. The molecule has 20 heavy (non-hydrogen) atoms. The smallest absolute Gasteiger partial charge is 0.309 e. The first-order valence-electron chi connectivity index (χ1n) is 5.84. The van der Waals surface area contributed by atoms with Crippen molar-refractivity contribution >= 4 is 39.7 Å². The Morgan fingerprint density at radius 2 is 1.90 bits per heavy atom. The normalized spacial score (nSPS) is 10.1. The zero-order valence-corrected chi connectivity index (χ0v) is 11.5. The van der Waals surface area contributed by atoms with E-state index in [4.69, 9.17) is 5.11 Å². The summed E-state index contributed by atoms with van der Waals surface area (Å²) in [7, 11) is 0. The van der Waals surface area contributed by atoms with Crippen LogP contribution in [0, 0.1) is 0 Å². The molecule has 0 aliphatic heterocycles. The third-order valence-corrected chi connectivity index (χ3v) is 3.15. The molecule has 2 rings (SSSR count). The highest BCUT2D eigenvalue weighted by Crippen LogP contribution is 2.22. The van der Waals surface area contributed by atoms with E-state index in [0.29, 0.717) is 16.5 Å². The van der Waals surface area contributed by atoms with Gasteiger partial charge in [0.1, 0.15) is 0 Å². The average Bonchev–Trinajstić information content (AvgIpc) is 2.77. The minimum atomic E-state index is -0.901. The summed E-state index contributed by atoms with van der Waals surface area (Å²) in [6.07, 6.45) is -0.0837. The lowest BCUT2D eigenvalue weighted by molar-refractivity contribution is -0.136. The monoisotopic (exact) mass is 291 g/mol. The highest BCUT2D eigenvalue weighted by molar-refractivity contribution is 7.13. The summed E-state index contributed by atoms with van der Waals surface area (Å²) in [6.45, 7) is 1.45. The first kappa shape index (κ1) is 14.0. The average molecular weight is 291 g/mol. The molecule has 1 amide bonds. The number of nitrogens with one attached hydrogen (secondary N) is 2. The Morgan fingerprint density at radius 3 is 2.50 bits per heavy atom. The molecular formula is C13H13N3O3S. The number of anilines is 3. The molecule has 0 aliphatic rings. The van der Waals surface area contributed by atoms with Crippen molar-refractivity contribution in [1.82, 2.24) is 4.98 Å². The number of aliphatic carboxylic acids is 1. The summed E-state index contributed by atoms with van der Waals surface area (Å²) in [5.41, 5.74) is 2.06. The lowest BCUT2D eigenvalue weighted by Gasteiger charge is -2.05. The van der Waals surface area contributed by atoms with Crippen LogP contribution in [0.15, 0.2) is 29.6 Å². The van der Waals surface area contributed by atoms with Gasteiger partial charge in [0.2, 0.25) is 5.91 Å². The highest BCUT2D eigenvalue weighted by Gasteiger charge is 2.06. The van der Waals surface area contributed by atoms with Gasteiger partial charge < -0.3 is 15.7 Å². The largest absolute Gasteiger partial charge is 0.481 e. The topological polar surface area (TPSA) is 91.3 Å². The fourth-order valence-corrected chi connectivity index (χ4v) is 2.29. The Kier molecular flexibility index (Phi) is 4.31. The Balaban J connectivity index is 2.00. The van der Waals surface area contributed by atoms with Crippen LogP contribution in [0.4, 0.5) is 16.5 Å². The van der Waals surface area contributed by atoms with Crippen molar-refractivity contribution in [3.05, 3.63) is 35.3 Å². The summed E-state index contributed by atoms with van der Waals surface area (Å²) < 4.78 is 0. The molecule has 0 unspecified atom stereocenters. The summed E-state index contributed by atoms with van der Waals surface area (Å²) >= 11 is 1.35. The second kappa shape index (κ2) is 6.16. The lowest BCUT2D eigenvalue weighted by atomic mass is 10.3. The van der Waals surface area contributed by atoms with Crippen LogP contribution in [0.3, 0.4) is 0 Å². The predicted molar refractivity (Wildman–Crippen MR) is 77.5 cm³/mol. The van der Waals surface area contributed by atoms with Crippen molar-refractivity contribution < 1.29 is 14.7 Å². The summed E-state index contributed by atoms with van der Waals surface area (Å²) in [5.74, 6) is -1.02. The van der Waals surface area contributed by atoms with Crippen LogP contribution in [0.25, 0.3) is 0 Å². The first-order chi connectivity index (χ1) is 9.52. The summed E-state index contributed by atoms with van der Waals surface area (Å²) in [5, 5.41) is 16.8. The highest BCUT2D eigenvalue weighted by atomic mass is 32.1. The molecule has 7 heteroatoms. The zero-order chi connectivity index (χ0) is 14.5. The second-order valence-electron chi connectivity index (χ2n) is 4.10. The molecule has 1 aromatic carbocycles. The van der Waals surface area contributed by atoms with Crippen LogP contribution in [0.2, 0.25) is 0 Å². The summed E-state index contributed by atoms with van der Waals surface area (Å²) in [6, 6.07) is 7.16. The molecule has 0 atom stereocenters. The fraction of sp³-hybridized carbons (Fsp3) is 0.154. The molecule has 0 saturated carbocycles. The van der Waals surface area contributed by atoms with Gasteiger partial charge in [0, 0.05) is 23.7 Å².